The van der Waals surface area contributed by atoms with Gasteiger partial charge in [-0.05, 0) is 37.5 Å². The first-order valence-corrected chi connectivity index (χ1v) is 8.13. The molecule has 25 heavy (non-hydrogen) atoms. The third-order valence-electron chi connectivity index (χ3n) is 4.34. The maximum absolute atomic E-state index is 14.1. The molecule has 1 aromatic carbocycles. The van der Waals surface area contributed by atoms with E-state index in [9.17, 15) is 9.18 Å². The Morgan fingerprint density at radius 2 is 2.00 bits per heavy atom. The van der Waals surface area contributed by atoms with Crippen LogP contribution in [0.1, 0.15) is 40.8 Å². The predicted molar refractivity (Wildman–Crippen MR) is 88.7 cm³/mol. The Kier molecular flexibility index (Phi) is 3.97. The number of benzene rings is 1. The Morgan fingerprint density at radius 3 is 2.80 bits per heavy atom. The van der Waals surface area contributed by atoms with Gasteiger partial charge in [0.2, 0.25) is 5.82 Å². The van der Waals surface area contributed by atoms with E-state index in [4.69, 9.17) is 0 Å². The topological polar surface area (TPSA) is 72.7 Å². The van der Waals surface area contributed by atoms with Crippen LogP contribution in [-0.4, -0.2) is 25.7 Å². The van der Waals surface area contributed by atoms with E-state index < -0.39 is 0 Å². The van der Waals surface area contributed by atoms with Crippen molar-refractivity contribution in [1.29, 1.82) is 0 Å². The van der Waals surface area contributed by atoms with Gasteiger partial charge in [-0.2, -0.15) is 5.10 Å². The molecule has 0 unspecified atom stereocenters. The molecule has 7 heteroatoms. The zero-order valence-electron chi connectivity index (χ0n) is 13.4. The summed E-state index contributed by atoms with van der Waals surface area (Å²) in [6.45, 7) is 0. The van der Waals surface area contributed by atoms with E-state index in [-0.39, 0.29) is 23.6 Å². The van der Waals surface area contributed by atoms with Gasteiger partial charge in [0.15, 0.2) is 0 Å². The molecule has 0 radical (unpaired) electrons. The Bertz CT molecular complexity index is 909. The van der Waals surface area contributed by atoms with Crippen molar-refractivity contribution in [2.24, 2.45) is 0 Å². The number of halogens is 1. The summed E-state index contributed by atoms with van der Waals surface area (Å²) in [5.74, 6) is -0.509. The molecule has 4 rings (SSSR count). The third-order valence-corrected chi connectivity index (χ3v) is 4.34. The van der Waals surface area contributed by atoms with Gasteiger partial charge in [-0.3, -0.25) is 4.79 Å². The summed E-state index contributed by atoms with van der Waals surface area (Å²) in [7, 11) is 0. The number of fused-ring (bicyclic) bond motifs is 1. The number of nitrogens with zero attached hydrogens (tertiary/aromatic N) is 4. The third kappa shape index (κ3) is 2.88. The van der Waals surface area contributed by atoms with Crippen molar-refractivity contribution >= 4 is 5.91 Å². The van der Waals surface area contributed by atoms with Crippen LogP contribution in [0.5, 0.6) is 0 Å². The average Bonchev–Trinajstić information content (AvgIpc) is 3.08. The molecule has 0 aliphatic heterocycles. The molecule has 2 heterocycles. The minimum Gasteiger partial charge on any atom is -0.342 e. The summed E-state index contributed by atoms with van der Waals surface area (Å²) in [4.78, 5) is 20.3. The summed E-state index contributed by atoms with van der Waals surface area (Å²) in [6.07, 6.45) is 7.24. The number of rotatable bonds is 3. The lowest BCUT2D eigenvalue weighted by atomic mass is 9.93. The van der Waals surface area contributed by atoms with Crippen LogP contribution >= 0.6 is 0 Å². The largest absolute Gasteiger partial charge is 0.342 e. The van der Waals surface area contributed by atoms with Crippen LogP contribution in [0.4, 0.5) is 4.39 Å². The lowest BCUT2D eigenvalue weighted by molar-refractivity contribution is 0.0922. The summed E-state index contributed by atoms with van der Waals surface area (Å²) in [5.41, 5.74) is 2.26. The van der Waals surface area contributed by atoms with Crippen LogP contribution < -0.4 is 5.32 Å². The van der Waals surface area contributed by atoms with Gasteiger partial charge in [-0.1, -0.05) is 12.1 Å². The summed E-state index contributed by atoms with van der Waals surface area (Å²) >= 11 is 0. The van der Waals surface area contributed by atoms with Crippen molar-refractivity contribution in [3.63, 3.8) is 0 Å². The van der Waals surface area contributed by atoms with Gasteiger partial charge < -0.3 is 5.32 Å². The quantitative estimate of drug-likeness (QED) is 0.797. The Labute approximate surface area is 143 Å². The van der Waals surface area contributed by atoms with E-state index >= 15 is 0 Å². The molecule has 1 amide bonds. The number of nitrogens with one attached hydrogen (secondary N) is 1. The molecule has 0 spiro atoms. The number of para-hydroxylation sites is 1. The second kappa shape index (κ2) is 6.43. The minimum atomic E-state index is -0.322. The van der Waals surface area contributed by atoms with Crippen molar-refractivity contribution in [3.8, 4) is 5.69 Å². The monoisotopic (exact) mass is 337 g/mol. The maximum Gasteiger partial charge on any atom is 0.289 e. The van der Waals surface area contributed by atoms with Crippen molar-refractivity contribution < 1.29 is 9.18 Å². The van der Waals surface area contributed by atoms with Crippen molar-refractivity contribution in [1.82, 2.24) is 25.1 Å². The van der Waals surface area contributed by atoms with Gasteiger partial charge in [-0.15, -0.1) is 0 Å². The number of amides is 1. The highest BCUT2D eigenvalue weighted by atomic mass is 19.1. The van der Waals surface area contributed by atoms with E-state index in [1.807, 2.05) is 0 Å². The summed E-state index contributed by atoms with van der Waals surface area (Å²) in [6, 6.07) is 8.02. The molecule has 0 fully saturated rings. The van der Waals surface area contributed by atoms with E-state index in [1.165, 1.54) is 18.5 Å². The van der Waals surface area contributed by atoms with Gasteiger partial charge in [0.05, 0.1) is 12.2 Å². The minimum absolute atomic E-state index is 0.135. The first-order chi connectivity index (χ1) is 12.2. The molecule has 0 bridgehead atoms. The Hall–Kier alpha value is -3.09. The number of carbonyl (C=O) groups excluding carboxylic acids is 1. The highest BCUT2D eigenvalue weighted by Gasteiger charge is 2.27. The fraction of sp³-hybridized carbons (Fsp3) is 0.222. The van der Waals surface area contributed by atoms with E-state index in [0.29, 0.717) is 5.69 Å². The zero-order valence-corrected chi connectivity index (χ0v) is 13.4. The molecule has 1 aliphatic carbocycles. The van der Waals surface area contributed by atoms with Crippen molar-refractivity contribution in [2.75, 3.05) is 0 Å². The molecule has 0 saturated heterocycles. The first-order valence-electron chi connectivity index (χ1n) is 8.13. The second-order valence-electron chi connectivity index (χ2n) is 5.90. The van der Waals surface area contributed by atoms with Crippen molar-refractivity contribution in [2.45, 2.75) is 25.3 Å². The molecule has 2 aromatic heterocycles. The van der Waals surface area contributed by atoms with Crippen LogP contribution in [0.2, 0.25) is 0 Å². The van der Waals surface area contributed by atoms with Crippen LogP contribution in [0.25, 0.3) is 5.69 Å². The first kappa shape index (κ1) is 15.4. The smallest absolute Gasteiger partial charge is 0.289 e. The maximum atomic E-state index is 14.1. The fourth-order valence-electron chi connectivity index (χ4n) is 3.18. The molecular formula is C18H16FN5O. The van der Waals surface area contributed by atoms with E-state index in [2.05, 4.69) is 20.4 Å². The van der Waals surface area contributed by atoms with Crippen molar-refractivity contribution in [3.05, 3.63) is 71.8 Å². The summed E-state index contributed by atoms with van der Waals surface area (Å²) in [5, 5.41) is 7.31. The highest BCUT2D eigenvalue weighted by Crippen LogP contribution is 2.31. The molecule has 6 nitrogen and oxygen atoms in total. The Balaban J connectivity index is 1.63. The predicted octanol–water partition coefficient (Wildman–Crippen LogP) is 2.61. The number of hydrogen-bond donors (Lipinski definition) is 1. The van der Waals surface area contributed by atoms with Crippen LogP contribution in [0.15, 0.2) is 48.9 Å². The molecule has 126 valence electrons. The second-order valence-corrected chi connectivity index (χ2v) is 5.90. The number of carbonyl (C=O) groups is 1. The number of aromatic nitrogens is 4. The molecular weight excluding hydrogens is 321 g/mol. The van der Waals surface area contributed by atoms with Gasteiger partial charge in [0.1, 0.15) is 11.5 Å². The normalized spacial score (nSPS) is 16.3. The van der Waals surface area contributed by atoms with Gasteiger partial charge in [0, 0.05) is 23.7 Å². The van der Waals surface area contributed by atoms with Crippen LogP contribution in [0, 0.1) is 5.82 Å². The fourth-order valence-corrected chi connectivity index (χ4v) is 3.18. The zero-order chi connectivity index (χ0) is 17.2. The molecule has 1 N–H and O–H groups in total. The molecule has 3 aromatic rings. The lowest BCUT2D eigenvalue weighted by Crippen LogP contribution is -2.32. The lowest BCUT2D eigenvalue weighted by Gasteiger charge is -2.24. The highest BCUT2D eigenvalue weighted by molar-refractivity contribution is 5.90. The summed E-state index contributed by atoms with van der Waals surface area (Å²) < 4.78 is 15.7. The standard InChI is InChI=1S/C18H16FN5O/c19-13-5-1-2-7-16(13)24-15-8-3-6-14(12(15)11-22-24)23-18(25)17-20-9-4-10-21-17/h1-2,4-5,7,9-11,14H,3,6,8H2,(H,23,25)/t14-/m1/s1. The van der Waals surface area contributed by atoms with Gasteiger partial charge in [0.25, 0.3) is 5.91 Å². The van der Waals surface area contributed by atoms with Gasteiger partial charge >= 0.3 is 0 Å². The molecule has 1 aliphatic rings. The van der Waals surface area contributed by atoms with Gasteiger partial charge in [-0.25, -0.2) is 19.0 Å². The van der Waals surface area contributed by atoms with Crippen LogP contribution in [0.3, 0.4) is 0 Å². The van der Waals surface area contributed by atoms with E-state index in [1.54, 1.807) is 35.1 Å². The molecule has 1 atom stereocenters. The Morgan fingerprint density at radius 1 is 1.20 bits per heavy atom. The van der Waals surface area contributed by atoms with E-state index in [0.717, 1.165) is 30.5 Å². The average molecular weight is 337 g/mol. The SMILES string of the molecule is O=C(N[C@@H]1CCCc2c1cnn2-c1ccccc1F)c1ncccn1. The number of hydrogen-bond acceptors (Lipinski definition) is 4. The van der Waals surface area contributed by atoms with Crippen LogP contribution in [-0.2, 0) is 6.42 Å². The molecule has 0 saturated carbocycles.